The van der Waals surface area contributed by atoms with Crippen molar-refractivity contribution in [2.45, 2.75) is 32.0 Å². The fraction of sp³-hybridized carbons (Fsp3) is 0.360. The van der Waals surface area contributed by atoms with Crippen molar-refractivity contribution in [2.75, 3.05) is 26.2 Å². The summed E-state index contributed by atoms with van der Waals surface area (Å²) in [4.78, 5) is 52.3. The van der Waals surface area contributed by atoms with Crippen molar-refractivity contribution in [1.29, 1.82) is 0 Å². The third-order valence-corrected chi connectivity index (χ3v) is 5.97. The van der Waals surface area contributed by atoms with E-state index in [4.69, 9.17) is 5.11 Å². The Kier molecular flexibility index (Phi) is 9.40. The minimum Gasteiger partial charge on any atom is -0.481 e. The van der Waals surface area contributed by atoms with Gasteiger partial charge in [-0.05, 0) is 12.5 Å². The van der Waals surface area contributed by atoms with Gasteiger partial charge in [-0.25, -0.2) is 8.78 Å². The number of ketones is 1. The van der Waals surface area contributed by atoms with Crippen molar-refractivity contribution in [2.24, 2.45) is 0 Å². The van der Waals surface area contributed by atoms with Crippen LogP contribution in [0, 0.1) is 23.3 Å². The SMILES string of the molecule is C[C@@H]1C(=O)N(CC(=O)N[C@@H](CC(=O)O)C(=O)COc2c(F)c(F)cc(F)c2F)CCN1Cc1ccccc1. The van der Waals surface area contributed by atoms with E-state index in [0.29, 0.717) is 13.1 Å². The van der Waals surface area contributed by atoms with Gasteiger partial charge in [0.15, 0.2) is 23.2 Å². The van der Waals surface area contributed by atoms with Crippen molar-refractivity contribution in [3.8, 4) is 5.75 Å². The number of nitrogens with one attached hydrogen (secondary N) is 1. The van der Waals surface area contributed by atoms with Gasteiger partial charge in [0.1, 0.15) is 12.6 Å². The molecule has 204 valence electrons. The van der Waals surface area contributed by atoms with Gasteiger partial charge in [0.05, 0.1) is 19.0 Å². The number of benzene rings is 2. The van der Waals surface area contributed by atoms with Crippen LogP contribution in [0.4, 0.5) is 17.6 Å². The number of carbonyl (C=O) groups is 4. The Morgan fingerprint density at radius 1 is 1.08 bits per heavy atom. The highest BCUT2D eigenvalue weighted by molar-refractivity contribution is 5.94. The Bertz CT molecular complexity index is 1190. The first-order valence-electron chi connectivity index (χ1n) is 11.5. The number of carboxylic acids is 1. The van der Waals surface area contributed by atoms with Gasteiger partial charge in [-0.2, -0.15) is 8.78 Å². The number of nitrogens with zero attached hydrogens (tertiary/aromatic N) is 2. The van der Waals surface area contributed by atoms with Gasteiger partial charge in [0.2, 0.25) is 23.4 Å². The number of amides is 2. The Hall–Kier alpha value is -4.00. The van der Waals surface area contributed by atoms with E-state index >= 15 is 0 Å². The number of Topliss-reactive ketones (excluding diaryl/α,β-unsaturated/α-hetero) is 1. The standard InChI is InChI=1S/C25H25F4N3O6/c1-14-25(37)32(8-7-31(14)11-15-5-3-2-4-6-15)12-20(34)30-18(10-21(35)36)19(33)13-38-24-22(28)16(26)9-17(27)23(24)29/h2-6,9,14,18H,7-8,10-13H2,1H3,(H,30,34)(H,35,36)/t14-,18+/m1/s1. The van der Waals surface area contributed by atoms with Crippen LogP contribution in [0.3, 0.4) is 0 Å². The van der Waals surface area contributed by atoms with Crippen LogP contribution < -0.4 is 10.1 Å². The van der Waals surface area contributed by atoms with Crippen molar-refractivity contribution in [3.05, 3.63) is 65.2 Å². The molecule has 1 aliphatic heterocycles. The fourth-order valence-corrected chi connectivity index (χ4v) is 3.92. The maximum absolute atomic E-state index is 13.8. The summed E-state index contributed by atoms with van der Waals surface area (Å²) in [5.41, 5.74) is 1.01. The zero-order valence-corrected chi connectivity index (χ0v) is 20.3. The van der Waals surface area contributed by atoms with Crippen molar-refractivity contribution in [3.63, 3.8) is 0 Å². The van der Waals surface area contributed by atoms with E-state index in [1.54, 1.807) is 6.92 Å². The second-order valence-electron chi connectivity index (χ2n) is 8.66. The van der Waals surface area contributed by atoms with Crippen LogP contribution in [0.5, 0.6) is 5.75 Å². The number of piperazine rings is 1. The van der Waals surface area contributed by atoms with E-state index in [9.17, 15) is 36.7 Å². The summed E-state index contributed by atoms with van der Waals surface area (Å²) in [5.74, 6) is -12.6. The molecule has 13 heteroatoms. The van der Waals surface area contributed by atoms with Gasteiger partial charge in [0, 0.05) is 25.7 Å². The monoisotopic (exact) mass is 539 g/mol. The zero-order valence-electron chi connectivity index (χ0n) is 20.3. The highest BCUT2D eigenvalue weighted by Gasteiger charge is 2.33. The molecule has 1 fully saturated rings. The number of rotatable bonds is 11. The quantitative estimate of drug-likeness (QED) is 0.331. The van der Waals surface area contributed by atoms with Crippen LogP contribution in [0.25, 0.3) is 0 Å². The molecule has 2 N–H and O–H groups in total. The highest BCUT2D eigenvalue weighted by atomic mass is 19.2. The van der Waals surface area contributed by atoms with E-state index < -0.39 is 78.3 Å². The molecule has 0 unspecified atom stereocenters. The van der Waals surface area contributed by atoms with Crippen LogP contribution in [-0.2, 0) is 25.7 Å². The zero-order chi connectivity index (χ0) is 28.0. The number of aliphatic carboxylic acids is 1. The van der Waals surface area contributed by atoms with Crippen molar-refractivity contribution >= 4 is 23.6 Å². The summed E-state index contributed by atoms with van der Waals surface area (Å²) in [7, 11) is 0. The van der Waals surface area contributed by atoms with Crippen molar-refractivity contribution < 1.29 is 46.6 Å². The Morgan fingerprint density at radius 2 is 1.71 bits per heavy atom. The second kappa shape index (κ2) is 12.5. The lowest BCUT2D eigenvalue weighted by molar-refractivity contribution is -0.145. The molecule has 0 spiro atoms. The maximum atomic E-state index is 13.8. The van der Waals surface area contributed by atoms with E-state index in [1.165, 1.54) is 4.90 Å². The topological polar surface area (TPSA) is 116 Å². The molecule has 2 atom stereocenters. The average molecular weight is 539 g/mol. The largest absolute Gasteiger partial charge is 0.481 e. The first-order valence-corrected chi connectivity index (χ1v) is 11.5. The predicted molar refractivity (Wildman–Crippen MR) is 124 cm³/mol. The molecule has 0 radical (unpaired) electrons. The molecule has 0 bridgehead atoms. The molecule has 0 aliphatic carbocycles. The Balaban J connectivity index is 1.59. The van der Waals surface area contributed by atoms with Gasteiger partial charge < -0.3 is 20.1 Å². The minimum atomic E-state index is -1.88. The normalized spacial score (nSPS) is 16.7. The molecule has 1 aliphatic rings. The summed E-state index contributed by atoms with van der Waals surface area (Å²) >= 11 is 0. The second-order valence-corrected chi connectivity index (χ2v) is 8.66. The fourth-order valence-electron chi connectivity index (χ4n) is 3.92. The molecule has 0 aromatic heterocycles. The van der Waals surface area contributed by atoms with Gasteiger partial charge in [-0.3, -0.25) is 24.1 Å². The van der Waals surface area contributed by atoms with Gasteiger partial charge in [0.25, 0.3) is 0 Å². The lowest BCUT2D eigenvalue weighted by Crippen LogP contribution is -2.58. The highest BCUT2D eigenvalue weighted by Crippen LogP contribution is 2.26. The summed E-state index contributed by atoms with van der Waals surface area (Å²) in [6, 6.07) is 7.20. The molecule has 1 saturated heterocycles. The molecule has 2 aromatic carbocycles. The molecule has 2 amide bonds. The molecular formula is C25H25F4N3O6. The number of hydrogen-bond acceptors (Lipinski definition) is 6. The predicted octanol–water partition coefficient (Wildman–Crippen LogP) is 1.88. The number of hydrogen-bond donors (Lipinski definition) is 2. The van der Waals surface area contributed by atoms with E-state index in [0.717, 1.165) is 5.56 Å². The van der Waals surface area contributed by atoms with Gasteiger partial charge in [-0.1, -0.05) is 30.3 Å². The summed E-state index contributed by atoms with van der Waals surface area (Å²) in [5, 5.41) is 11.3. The molecule has 1 heterocycles. The van der Waals surface area contributed by atoms with E-state index in [-0.39, 0.29) is 18.5 Å². The lowest BCUT2D eigenvalue weighted by atomic mass is 10.1. The van der Waals surface area contributed by atoms with Crippen LogP contribution in [0.2, 0.25) is 0 Å². The lowest BCUT2D eigenvalue weighted by Gasteiger charge is -2.39. The third-order valence-electron chi connectivity index (χ3n) is 5.97. The van der Waals surface area contributed by atoms with E-state index in [1.807, 2.05) is 35.2 Å². The maximum Gasteiger partial charge on any atom is 0.305 e. The molecule has 2 aromatic rings. The van der Waals surface area contributed by atoms with E-state index in [2.05, 4.69) is 10.1 Å². The summed E-state index contributed by atoms with van der Waals surface area (Å²) < 4.78 is 58.8. The number of carboxylic acid groups (broad SMARTS) is 1. The summed E-state index contributed by atoms with van der Waals surface area (Å²) in [6.07, 6.45) is -0.911. The smallest absolute Gasteiger partial charge is 0.305 e. The third kappa shape index (κ3) is 7.06. The van der Waals surface area contributed by atoms with Crippen LogP contribution >= 0.6 is 0 Å². The average Bonchev–Trinajstić information content (AvgIpc) is 2.87. The summed E-state index contributed by atoms with van der Waals surface area (Å²) in [6.45, 7) is 1.22. The molecule has 38 heavy (non-hydrogen) atoms. The Morgan fingerprint density at radius 3 is 2.32 bits per heavy atom. The molecule has 9 nitrogen and oxygen atoms in total. The number of carbonyl (C=O) groups excluding carboxylic acids is 3. The van der Waals surface area contributed by atoms with Crippen LogP contribution in [-0.4, -0.2) is 76.8 Å². The number of ether oxygens (including phenoxy) is 1. The first-order chi connectivity index (χ1) is 18.0. The Labute approximate surface area is 215 Å². The van der Waals surface area contributed by atoms with Crippen molar-refractivity contribution in [1.82, 2.24) is 15.1 Å². The molecule has 3 rings (SSSR count). The van der Waals surface area contributed by atoms with Crippen LogP contribution in [0.1, 0.15) is 18.9 Å². The molecular weight excluding hydrogens is 514 g/mol. The van der Waals surface area contributed by atoms with Gasteiger partial charge >= 0.3 is 5.97 Å². The first kappa shape index (κ1) is 28.6. The number of halogens is 4. The van der Waals surface area contributed by atoms with Crippen LogP contribution in [0.15, 0.2) is 36.4 Å². The minimum absolute atomic E-state index is 0.0452. The molecule has 0 saturated carbocycles. The van der Waals surface area contributed by atoms with Gasteiger partial charge in [-0.15, -0.1) is 0 Å².